The van der Waals surface area contributed by atoms with Crippen molar-refractivity contribution in [2.24, 2.45) is 5.73 Å². The zero-order valence-corrected chi connectivity index (χ0v) is 46.4. The fourth-order valence-electron chi connectivity index (χ4n) is 6.79. The fourth-order valence-corrected chi connectivity index (χ4v) is 7.55. The normalized spacial score (nSPS) is 14.3. The van der Waals surface area contributed by atoms with E-state index in [2.05, 4.69) is 172 Å². The molecular weight excluding hydrogens is 930 g/mol. The van der Waals surface area contributed by atoms with Crippen molar-refractivity contribution in [2.45, 2.75) is 200 Å². The van der Waals surface area contributed by atoms with E-state index in [9.17, 15) is 19.0 Å². The molecule has 0 heterocycles. The summed E-state index contributed by atoms with van der Waals surface area (Å²) in [6, 6.07) is 0. The summed E-state index contributed by atoms with van der Waals surface area (Å²) >= 11 is 0. The van der Waals surface area contributed by atoms with Crippen LogP contribution in [0.1, 0.15) is 194 Å². The van der Waals surface area contributed by atoms with Gasteiger partial charge in [0.1, 0.15) is 6.61 Å². The maximum atomic E-state index is 12.7. The number of ether oxygens (including phenoxy) is 2. The van der Waals surface area contributed by atoms with Crippen LogP contribution in [0, 0.1) is 0 Å². The molecule has 0 aliphatic carbocycles. The molecule has 3 N–H and O–H groups in total. The highest BCUT2D eigenvalue weighted by molar-refractivity contribution is 7.47. The molecule has 10 heteroatoms. The Hall–Kier alpha value is -4.37. The van der Waals surface area contributed by atoms with Gasteiger partial charge in [-0.2, -0.15) is 0 Å². The molecule has 0 fully saturated rings. The molecule has 0 saturated heterocycles. The quantitative estimate of drug-likeness (QED) is 0.0264. The van der Waals surface area contributed by atoms with Crippen LogP contribution < -0.4 is 5.73 Å². The third-order valence-corrected chi connectivity index (χ3v) is 11.9. The number of hydrogen-bond acceptors (Lipinski definition) is 8. The number of carbonyl (C=O) groups excluding carboxylic acids is 2. The summed E-state index contributed by atoms with van der Waals surface area (Å²) in [5.41, 5.74) is 5.37. The third-order valence-electron chi connectivity index (χ3n) is 10.9. The highest BCUT2D eigenvalue weighted by Gasteiger charge is 2.26. The monoisotopic (exact) mass is 1030 g/mol. The van der Waals surface area contributed by atoms with E-state index in [1.54, 1.807) is 0 Å². The van der Waals surface area contributed by atoms with Gasteiger partial charge in [-0.1, -0.05) is 210 Å². The van der Waals surface area contributed by atoms with Gasteiger partial charge < -0.3 is 20.1 Å². The fraction of sp³-hybridized carbons (Fsp3) is 0.556. The lowest BCUT2D eigenvalue weighted by Gasteiger charge is -2.19. The van der Waals surface area contributed by atoms with E-state index in [1.807, 2.05) is 0 Å². The number of rotatable bonds is 50. The van der Waals surface area contributed by atoms with Gasteiger partial charge in [-0.3, -0.25) is 18.6 Å². The SMILES string of the molecule is CC/C=C\C/C=C\C/C=C\C/C=C\C/C=C\C/C=C\C/C=C\C/C=C\C/C=C\C/C=C\CCCCC(=O)OC(COC(=O)CCCCCCCC/C=C\C/C=C\C/C=C\CCCCC)COP(=O)(O)OCCN. The lowest BCUT2D eigenvalue weighted by atomic mass is 10.1. The van der Waals surface area contributed by atoms with Gasteiger partial charge in [0.05, 0.1) is 13.2 Å². The van der Waals surface area contributed by atoms with Gasteiger partial charge in [-0.25, -0.2) is 4.57 Å². The zero-order valence-electron chi connectivity index (χ0n) is 45.5. The van der Waals surface area contributed by atoms with Gasteiger partial charge in [0.15, 0.2) is 6.10 Å². The van der Waals surface area contributed by atoms with E-state index in [0.717, 1.165) is 128 Å². The van der Waals surface area contributed by atoms with E-state index in [1.165, 1.54) is 25.7 Å². The zero-order chi connectivity index (χ0) is 53.1. The average Bonchev–Trinajstić information content (AvgIpc) is 3.38. The van der Waals surface area contributed by atoms with Crippen molar-refractivity contribution >= 4 is 19.8 Å². The summed E-state index contributed by atoms with van der Waals surface area (Å²) in [5, 5.41) is 0. The van der Waals surface area contributed by atoms with E-state index >= 15 is 0 Å². The maximum absolute atomic E-state index is 12.7. The molecule has 0 aromatic heterocycles. The number of allylic oxidation sites excluding steroid dienone is 26. The minimum Gasteiger partial charge on any atom is -0.462 e. The van der Waals surface area contributed by atoms with Crippen LogP contribution in [0.25, 0.3) is 0 Å². The Kier molecular flexibility index (Phi) is 53.5. The highest BCUT2D eigenvalue weighted by Crippen LogP contribution is 2.43. The van der Waals surface area contributed by atoms with Crippen LogP contribution in [-0.2, 0) is 32.7 Å². The van der Waals surface area contributed by atoms with Crippen LogP contribution in [-0.4, -0.2) is 49.3 Å². The highest BCUT2D eigenvalue weighted by atomic mass is 31.2. The summed E-state index contributed by atoms with van der Waals surface area (Å²) < 4.78 is 32.9. The maximum Gasteiger partial charge on any atom is 0.472 e. The number of phosphoric ester groups is 1. The van der Waals surface area contributed by atoms with Crippen molar-refractivity contribution in [1.82, 2.24) is 0 Å². The van der Waals surface area contributed by atoms with Crippen LogP contribution in [0.5, 0.6) is 0 Å². The average molecular weight is 1030 g/mol. The van der Waals surface area contributed by atoms with Gasteiger partial charge in [0, 0.05) is 19.4 Å². The number of hydrogen-bond donors (Lipinski definition) is 2. The Morgan fingerprint density at radius 1 is 0.425 bits per heavy atom. The molecule has 2 unspecified atom stereocenters. The van der Waals surface area contributed by atoms with Gasteiger partial charge in [0.25, 0.3) is 0 Å². The molecule has 0 rings (SSSR count). The topological polar surface area (TPSA) is 134 Å². The Morgan fingerprint density at radius 2 is 0.753 bits per heavy atom. The molecule has 0 amide bonds. The Morgan fingerprint density at radius 3 is 1.15 bits per heavy atom. The van der Waals surface area contributed by atoms with Crippen molar-refractivity contribution in [3.8, 4) is 0 Å². The first kappa shape index (κ1) is 68.6. The van der Waals surface area contributed by atoms with Gasteiger partial charge in [-0.05, 0) is 128 Å². The number of esters is 2. The van der Waals surface area contributed by atoms with Crippen LogP contribution in [0.4, 0.5) is 0 Å². The first-order chi connectivity index (χ1) is 35.8. The molecule has 0 spiro atoms. The summed E-state index contributed by atoms with van der Waals surface area (Å²) in [7, 11) is -4.41. The minimum absolute atomic E-state index is 0.0347. The summed E-state index contributed by atoms with van der Waals surface area (Å²) in [4.78, 5) is 35.1. The first-order valence-corrected chi connectivity index (χ1v) is 29.5. The predicted molar refractivity (Wildman–Crippen MR) is 311 cm³/mol. The number of unbranched alkanes of at least 4 members (excludes halogenated alkanes) is 11. The summed E-state index contributed by atoms with van der Waals surface area (Å²) in [5.74, 6) is -0.908. The molecule has 0 aliphatic heterocycles. The second-order valence-corrected chi connectivity index (χ2v) is 19.2. The van der Waals surface area contributed by atoms with Crippen molar-refractivity contribution in [2.75, 3.05) is 26.4 Å². The molecule has 0 aliphatic rings. The summed E-state index contributed by atoms with van der Waals surface area (Å²) in [6.07, 6.45) is 82.9. The van der Waals surface area contributed by atoms with Crippen LogP contribution in [0.2, 0.25) is 0 Å². The lowest BCUT2D eigenvalue weighted by molar-refractivity contribution is -0.161. The Balaban J connectivity index is 4.18. The predicted octanol–water partition coefficient (Wildman–Crippen LogP) is 17.7. The first-order valence-electron chi connectivity index (χ1n) is 28.0. The molecule has 0 saturated carbocycles. The van der Waals surface area contributed by atoms with Crippen LogP contribution >= 0.6 is 7.82 Å². The van der Waals surface area contributed by atoms with Gasteiger partial charge in [-0.15, -0.1) is 0 Å². The van der Waals surface area contributed by atoms with E-state index in [0.29, 0.717) is 12.8 Å². The standard InChI is InChI=1S/C63H100NO8P/c1-3-5-7-9-11-13-15-17-19-21-23-24-25-26-27-28-29-30-31-32-33-34-35-36-38-40-42-44-46-48-50-52-54-56-63(66)72-61(60-71-73(67,68)70-58-57-64)59-69-62(65)55-53-51-49-47-45-43-41-39-37-22-20-18-16-14-12-10-8-6-4-2/h5,7,11-14,17-20,23-24,26-27,29-30,32-33,35-37,39-40,42,46,48,61H,3-4,6,8-10,15-16,21-22,25,28,31,34,38,41,43-45,47,49-60,64H2,1-2H3,(H,67,68)/b7-5-,13-11-,14-12-,19-17-,20-18-,24-23-,27-26-,30-29-,33-32-,36-35-,39-37-,42-40-,48-46-. The molecule has 0 radical (unpaired) electrons. The molecule has 0 bridgehead atoms. The largest absolute Gasteiger partial charge is 0.472 e. The van der Waals surface area contributed by atoms with Gasteiger partial charge >= 0.3 is 19.8 Å². The number of carbonyl (C=O) groups is 2. The second kappa shape index (κ2) is 56.9. The van der Waals surface area contributed by atoms with Crippen molar-refractivity contribution in [1.29, 1.82) is 0 Å². The molecule has 2 atom stereocenters. The van der Waals surface area contributed by atoms with Crippen LogP contribution in [0.3, 0.4) is 0 Å². The van der Waals surface area contributed by atoms with Crippen molar-refractivity contribution in [3.05, 3.63) is 158 Å². The molecule has 0 aromatic carbocycles. The smallest absolute Gasteiger partial charge is 0.462 e. The van der Waals surface area contributed by atoms with Gasteiger partial charge in [0.2, 0.25) is 0 Å². The Bertz CT molecular complexity index is 1740. The van der Waals surface area contributed by atoms with Crippen molar-refractivity contribution < 1.29 is 37.6 Å². The minimum atomic E-state index is -4.41. The second-order valence-electron chi connectivity index (χ2n) is 17.7. The van der Waals surface area contributed by atoms with E-state index in [-0.39, 0.29) is 32.6 Å². The molecular formula is C63H100NO8P. The van der Waals surface area contributed by atoms with Crippen LogP contribution in [0.15, 0.2) is 158 Å². The van der Waals surface area contributed by atoms with E-state index in [4.69, 9.17) is 24.3 Å². The van der Waals surface area contributed by atoms with E-state index < -0.39 is 32.5 Å². The number of nitrogens with two attached hydrogens (primary N) is 1. The lowest BCUT2D eigenvalue weighted by Crippen LogP contribution is -2.29. The molecule has 410 valence electrons. The Labute approximate surface area is 445 Å². The molecule has 0 aromatic rings. The van der Waals surface area contributed by atoms with Crippen molar-refractivity contribution in [3.63, 3.8) is 0 Å². The summed E-state index contributed by atoms with van der Waals surface area (Å²) in [6.45, 7) is 3.50. The molecule has 73 heavy (non-hydrogen) atoms. The number of phosphoric acid groups is 1. The third kappa shape index (κ3) is 56.8. The molecule has 9 nitrogen and oxygen atoms in total.